The Morgan fingerprint density at radius 1 is 1.09 bits per heavy atom. The average Bonchev–Trinajstić information content (AvgIpc) is 3.37. The van der Waals surface area contributed by atoms with Crippen molar-refractivity contribution in [3.63, 3.8) is 0 Å². The third kappa shape index (κ3) is 4.16. The second-order valence-electron chi connectivity index (χ2n) is 9.80. The number of pyridine rings is 2. The van der Waals surface area contributed by atoms with Crippen LogP contribution in [0.3, 0.4) is 0 Å². The number of ether oxygens (including phenoxy) is 1. The first-order valence-electron chi connectivity index (χ1n) is 12.6. The Labute approximate surface area is 202 Å². The summed E-state index contributed by atoms with van der Waals surface area (Å²) in [5.74, 6) is 1.10. The SMILES string of the molecule is O=c1ccc2ccc(=O)n3c2n1C[C@H]3CCC1=CCCC(NCc2cc3c(s2)CCCO3)CC1. The number of fused-ring (bicyclic) bond motifs is 1. The van der Waals surface area contributed by atoms with E-state index >= 15 is 0 Å². The number of hydrogen-bond acceptors (Lipinski definition) is 5. The molecule has 34 heavy (non-hydrogen) atoms. The minimum atomic E-state index is -0.0184. The van der Waals surface area contributed by atoms with Crippen LogP contribution in [0.25, 0.3) is 11.0 Å². The summed E-state index contributed by atoms with van der Waals surface area (Å²) < 4.78 is 9.41. The Bertz CT molecular complexity index is 1340. The van der Waals surface area contributed by atoms with E-state index in [4.69, 9.17) is 4.74 Å². The summed E-state index contributed by atoms with van der Waals surface area (Å²) in [6, 6.07) is 9.69. The minimum absolute atomic E-state index is 0.00545. The van der Waals surface area contributed by atoms with E-state index in [1.54, 1.807) is 16.7 Å². The van der Waals surface area contributed by atoms with E-state index in [9.17, 15) is 9.59 Å². The third-order valence-electron chi connectivity index (χ3n) is 7.57. The van der Waals surface area contributed by atoms with Gasteiger partial charge in [0.1, 0.15) is 11.4 Å². The second kappa shape index (κ2) is 9.19. The zero-order valence-electron chi connectivity index (χ0n) is 19.4. The van der Waals surface area contributed by atoms with E-state index in [1.165, 1.54) is 15.3 Å². The van der Waals surface area contributed by atoms with Crippen LogP contribution < -0.4 is 21.2 Å². The number of aromatic nitrogens is 2. The number of nitrogens with zero attached hydrogens (tertiary/aromatic N) is 2. The molecule has 0 bridgehead atoms. The monoisotopic (exact) mass is 477 g/mol. The van der Waals surface area contributed by atoms with Crippen molar-refractivity contribution in [1.29, 1.82) is 0 Å². The van der Waals surface area contributed by atoms with Gasteiger partial charge < -0.3 is 10.1 Å². The molecular weight excluding hydrogens is 446 g/mol. The largest absolute Gasteiger partial charge is 0.492 e. The van der Waals surface area contributed by atoms with Crippen molar-refractivity contribution >= 4 is 22.4 Å². The van der Waals surface area contributed by atoms with Crippen molar-refractivity contribution in [3.05, 3.63) is 72.4 Å². The topological polar surface area (TPSA) is 65.3 Å². The highest BCUT2D eigenvalue weighted by Crippen LogP contribution is 2.34. The molecule has 0 spiro atoms. The highest BCUT2D eigenvalue weighted by atomic mass is 32.1. The van der Waals surface area contributed by atoms with Gasteiger partial charge in [-0.15, -0.1) is 11.3 Å². The molecule has 2 atom stereocenters. The van der Waals surface area contributed by atoms with Gasteiger partial charge >= 0.3 is 0 Å². The average molecular weight is 478 g/mol. The lowest BCUT2D eigenvalue weighted by Gasteiger charge is -2.17. The van der Waals surface area contributed by atoms with Crippen molar-refractivity contribution in [2.24, 2.45) is 0 Å². The summed E-state index contributed by atoms with van der Waals surface area (Å²) in [5, 5.41) is 4.74. The highest BCUT2D eigenvalue weighted by molar-refractivity contribution is 7.12. The van der Waals surface area contributed by atoms with Gasteiger partial charge in [-0.25, -0.2) is 0 Å². The van der Waals surface area contributed by atoms with E-state index in [-0.39, 0.29) is 17.2 Å². The zero-order valence-corrected chi connectivity index (χ0v) is 20.2. The predicted molar refractivity (Wildman–Crippen MR) is 136 cm³/mol. The van der Waals surface area contributed by atoms with Crippen molar-refractivity contribution in [3.8, 4) is 5.75 Å². The lowest BCUT2D eigenvalue weighted by atomic mass is 10.0. The van der Waals surface area contributed by atoms with Gasteiger partial charge in [0.05, 0.1) is 12.6 Å². The molecule has 1 aliphatic carbocycles. The molecule has 3 aromatic rings. The number of nitrogens with one attached hydrogen (secondary N) is 1. The van der Waals surface area contributed by atoms with Crippen LogP contribution in [0.1, 0.15) is 60.7 Å². The molecule has 1 N–H and O–H groups in total. The van der Waals surface area contributed by atoms with E-state index < -0.39 is 0 Å². The van der Waals surface area contributed by atoms with Gasteiger partial charge in [0.2, 0.25) is 0 Å². The Kier molecular flexibility index (Phi) is 5.91. The molecule has 0 saturated carbocycles. The predicted octanol–water partition coefficient (Wildman–Crippen LogP) is 4.54. The van der Waals surface area contributed by atoms with Crippen LogP contribution in [0.2, 0.25) is 0 Å². The van der Waals surface area contributed by atoms with E-state index in [0.29, 0.717) is 12.6 Å². The Morgan fingerprint density at radius 2 is 1.97 bits per heavy atom. The van der Waals surface area contributed by atoms with Gasteiger partial charge in [-0.2, -0.15) is 0 Å². The van der Waals surface area contributed by atoms with Gasteiger partial charge in [-0.3, -0.25) is 18.7 Å². The maximum atomic E-state index is 12.6. The molecule has 3 aromatic heterocycles. The highest BCUT2D eigenvalue weighted by Gasteiger charge is 2.26. The van der Waals surface area contributed by atoms with Gasteiger partial charge in [0.15, 0.2) is 0 Å². The van der Waals surface area contributed by atoms with Crippen LogP contribution in [0, 0.1) is 0 Å². The summed E-state index contributed by atoms with van der Waals surface area (Å²) in [7, 11) is 0. The number of thiophene rings is 1. The molecule has 6 nitrogen and oxygen atoms in total. The minimum Gasteiger partial charge on any atom is -0.492 e. The molecule has 0 radical (unpaired) electrons. The standard InChI is InChI=1S/C27H31N3O3S/c31-25-12-8-19-9-13-26(32)30-21(17-29(25)27(19)30)11-7-18-3-1-4-20(10-6-18)28-16-22-15-23-24(34-22)5-2-14-33-23/h3,8-9,12-13,15,20-21,28H,1-2,4-7,10-11,14,16-17H2/t20?,21-/m1/s1. The van der Waals surface area contributed by atoms with Crippen LogP contribution in [-0.2, 0) is 19.5 Å². The summed E-state index contributed by atoms with van der Waals surface area (Å²) in [4.78, 5) is 27.8. The van der Waals surface area contributed by atoms with Crippen LogP contribution in [0.4, 0.5) is 0 Å². The van der Waals surface area contributed by atoms with E-state index in [1.807, 2.05) is 28.0 Å². The van der Waals surface area contributed by atoms with Crippen molar-refractivity contribution < 1.29 is 4.74 Å². The first kappa shape index (κ1) is 21.9. The van der Waals surface area contributed by atoms with Crippen molar-refractivity contribution in [1.82, 2.24) is 14.5 Å². The van der Waals surface area contributed by atoms with E-state index in [0.717, 1.165) is 81.3 Å². The van der Waals surface area contributed by atoms with Gasteiger partial charge in [0, 0.05) is 46.4 Å². The summed E-state index contributed by atoms with van der Waals surface area (Å²) >= 11 is 1.89. The molecule has 1 unspecified atom stereocenters. The molecule has 5 heterocycles. The lowest BCUT2D eigenvalue weighted by molar-refractivity contribution is 0.291. The number of rotatable bonds is 6. The molecule has 7 heteroatoms. The maximum Gasteiger partial charge on any atom is 0.252 e. The summed E-state index contributed by atoms with van der Waals surface area (Å²) in [5.41, 5.74) is 2.25. The van der Waals surface area contributed by atoms with Crippen LogP contribution in [0.15, 0.2) is 51.6 Å². The summed E-state index contributed by atoms with van der Waals surface area (Å²) in [6.45, 7) is 2.37. The number of hydrogen-bond donors (Lipinski definition) is 1. The van der Waals surface area contributed by atoms with Crippen LogP contribution >= 0.6 is 11.3 Å². The number of allylic oxidation sites excluding steroid dienone is 2. The first-order valence-corrected chi connectivity index (χ1v) is 13.4. The zero-order chi connectivity index (χ0) is 23.1. The molecular formula is C27H31N3O3S. The van der Waals surface area contributed by atoms with E-state index in [2.05, 4.69) is 17.5 Å². The second-order valence-corrected chi connectivity index (χ2v) is 11.0. The Morgan fingerprint density at radius 3 is 2.85 bits per heavy atom. The lowest BCUT2D eigenvalue weighted by Crippen LogP contribution is -2.27. The van der Waals surface area contributed by atoms with Gasteiger partial charge in [-0.1, -0.05) is 11.6 Å². The molecule has 0 amide bonds. The van der Waals surface area contributed by atoms with Gasteiger partial charge in [-0.05, 0) is 69.6 Å². The molecule has 0 fully saturated rings. The van der Waals surface area contributed by atoms with Crippen LogP contribution in [0.5, 0.6) is 5.75 Å². The fourth-order valence-electron chi connectivity index (χ4n) is 5.76. The Balaban J connectivity index is 1.05. The molecule has 0 saturated heterocycles. The fourth-order valence-corrected chi connectivity index (χ4v) is 6.86. The first-order chi connectivity index (χ1) is 16.7. The smallest absolute Gasteiger partial charge is 0.252 e. The fraction of sp³-hybridized carbons (Fsp3) is 0.481. The third-order valence-corrected chi connectivity index (χ3v) is 8.74. The van der Waals surface area contributed by atoms with Gasteiger partial charge in [0.25, 0.3) is 11.1 Å². The quantitative estimate of drug-likeness (QED) is 0.530. The normalized spacial score (nSPS) is 21.7. The molecule has 2 aliphatic heterocycles. The maximum absolute atomic E-state index is 12.6. The van der Waals surface area contributed by atoms with Crippen molar-refractivity contribution in [2.75, 3.05) is 6.61 Å². The Hall–Kier alpha value is -2.64. The number of aryl methyl sites for hydroxylation is 1. The molecule has 6 rings (SSSR count). The van der Waals surface area contributed by atoms with Crippen LogP contribution in [-0.4, -0.2) is 21.8 Å². The van der Waals surface area contributed by atoms with Crippen molar-refractivity contribution in [2.45, 2.75) is 76.5 Å². The summed E-state index contributed by atoms with van der Waals surface area (Å²) in [6.07, 6.45) is 11.1. The molecule has 3 aliphatic rings. The molecule has 178 valence electrons. The molecule has 0 aromatic carbocycles.